The van der Waals surface area contributed by atoms with Gasteiger partial charge in [0.1, 0.15) is 12.0 Å². The van der Waals surface area contributed by atoms with Gasteiger partial charge in [0.25, 0.3) is 0 Å². The summed E-state index contributed by atoms with van der Waals surface area (Å²) in [6.07, 6.45) is 9.61. The Bertz CT molecular complexity index is 904. The maximum absolute atomic E-state index is 11.0. The Morgan fingerprint density at radius 1 is 1.22 bits per heavy atom. The highest BCUT2D eigenvalue weighted by Gasteiger charge is 2.29. The third-order valence-corrected chi connectivity index (χ3v) is 7.49. The number of oxime groups is 1. The van der Waals surface area contributed by atoms with Crippen molar-refractivity contribution < 1.29 is 14.7 Å². The molecule has 0 amide bonds. The van der Waals surface area contributed by atoms with Gasteiger partial charge in [-0.3, -0.25) is 0 Å². The van der Waals surface area contributed by atoms with Gasteiger partial charge in [-0.05, 0) is 63.0 Å². The van der Waals surface area contributed by atoms with Gasteiger partial charge in [0.15, 0.2) is 0 Å². The first-order valence-electron chi connectivity index (χ1n) is 12.3. The molecule has 2 rings (SSSR count). The first-order chi connectivity index (χ1) is 17.4. The zero-order chi connectivity index (χ0) is 27.3. The van der Waals surface area contributed by atoms with Crippen LogP contribution in [0.15, 0.2) is 75.2 Å². The zero-order valence-electron chi connectivity index (χ0n) is 23.0. The van der Waals surface area contributed by atoms with Crippen LogP contribution in [0.3, 0.4) is 0 Å². The molecule has 7 heteroatoms. The van der Waals surface area contributed by atoms with Gasteiger partial charge >= 0.3 is 0 Å². The number of aldehydes is 1. The van der Waals surface area contributed by atoms with E-state index in [2.05, 4.69) is 61.3 Å². The summed E-state index contributed by atoms with van der Waals surface area (Å²) in [5.74, 6) is 2.16. The third-order valence-electron chi connectivity index (χ3n) is 4.95. The molecular formula is C29H44N2O3S2. The van der Waals surface area contributed by atoms with Crippen molar-refractivity contribution in [3.05, 3.63) is 75.6 Å². The summed E-state index contributed by atoms with van der Waals surface area (Å²) in [5, 5.41) is 16.2. The molecule has 1 aromatic rings. The molecule has 0 radical (unpaired) electrons. The van der Waals surface area contributed by atoms with E-state index in [1.165, 1.54) is 22.9 Å². The number of nitrogens with zero attached hydrogens (tertiary/aromatic N) is 1. The highest BCUT2D eigenvalue weighted by Crippen LogP contribution is 2.43. The van der Waals surface area contributed by atoms with Crippen molar-refractivity contribution in [2.24, 2.45) is 5.16 Å². The fraction of sp³-hybridized carbons (Fsp3) is 0.448. The Morgan fingerprint density at radius 3 is 2.39 bits per heavy atom. The van der Waals surface area contributed by atoms with Crippen LogP contribution in [0.4, 0.5) is 0 Å². The minimum atomic E-state index is 0.191. The molecule has 1 atom stereocenters. The number of ether oxygens (including phenoxy) is 1. The minimum Gasteiger partial charge on any atom is -0.497 e. The highest BCUT2D eigenvalue weighted by molar-refractivity contribution is 8.22. The molecule has 36 heavy (non-hydrogen) atoms. The van der Waals surface area contributed by atoms with E-state index in [9.17, 15) is 10.0 Å². The molecule has 0 unspecified atom stereocenters. The lowest BCUT2D eigenvalue weighted by atomic mass is 9.78. The maximum atomic E-state index is 11.0. The summed E-state index contributed by atoms with van der Waals surface area (Å²) in [6, 6.07) is 8.00. The average Bonchev–Trinajstić information content (AvgIpc) is 2.90. The fourth-order valence-corrected chi connectivity index (χ4v) is 5.57. The van der Waals surface area contributed by atoms with Crippen LogP contribution < -0.4 is 10.1 Å². The van der Waals surface area contributed by atoms with Gasteiger partial charge in [-0.25, -0.2) is 0 Å². The van der Waals surface area contributed by atoms with Crippen molar-refractivity contribution >= 4 is 35.5 Å². The molecule has 0 aliphatic heterocycles. The first kappa shape index (κ1) is 33.8. The number of hydrogen-bond donors (Lipinski definition) is 2. The lowest BCUT2D eigenvalue weighted by Crippen LogP contribution is -2.20. The Labute approximate surface area is 227 Å². The summed E-state index contributed by atoms with van der Waals surface area (Å²) in [7, 11) is 5.40. The predicted octanol–water partition coefficient (Wildman–Crippen LogP) is 7.61. The molecule has 1 saturated carbocycles. The first-order valence-corrected chi connectivity index (χ1v) is 14.3. The monoisotopic (exact) mass is 532 g/mol. The van der Waals surface area contributed by atoms with E-state index < -0.39 is 0 Å². The largest absolute Gasteiger partial charge is 0.497 e. The smallest absolute Gasteiger partial charge is 0.130 e. The van der Waals surface area contributed by atoms with Crippen molar-refractivity contribution in [1.82, 2.24) is 5.32 Å². The molecule has 0 bridgehead atoms. The van der Waals surface area contributed by atoms with Crippen LogP contribution in [-0.4, -0.2) is 49.9 Å². The van der Waals surface area contributed by atoms with E-state index >= 15 is 0 Å². The van der Waals surface area contributed by atoms with E-state index in [0.29, 0.717) is 17.9 Å². The summed E-state index contributed by atoms with van der Waals surface area (Å²) in [5.41, 5.74) is 4.86. The number of rotatable bonds is 10. The molecule has 1 aliphatic carbocycles. The Hall–Kier alpha value is -2.22. The highest BCUT2D eigenvalue weighted by atomic mass is 32.2. The molecule has 1 aliphatic rings. The van der Waals surface area contributed by atoms with E-state index in [-0.39, 0.29) is 5.92 Å². The average molecular weight is 533 g/mol. The Balaban J connectivity index is 0.00000227. The number of hydrogen-bond acceptors (Lipinski definition) is 7. The lowest BCUT2D eigenvalue weighted by molar-refractivity contribution is -0.105. The van der Waals surface area contributed by atoms with Crippen LogP contribution in [-0.2, 0) is 4.79 Å². The molecular weight excluding hydrogens is 488 g/mol. The number of methoxy groups -OCH3 is 1. The summed E-state index contributed by atoms with van der Waals surface area (Å²) < 4.78 is 6.24. The second kappa shape index (κ2) is 20.9. The van der Waals surface area contributed by atoms with Crippen molar-refractivity contribution in [3.8, 4) is 5.75 Å². The fourth-order valence-electron chi connectivity index (χ4n) is 3.37. The third kappa shape index (κ3) is 12.2. The number of carbonyl (C=O) groups is 1. The second-order valence-corrected chi connectivity index (χ2v) is 10.1. The van der Waals surface area contributed by atoms with Gasteiger partial charge in [0.05, 0.1) is 22.8 Å². The second-order valence-electron chi connectivity index (χ2n) is 7.81. The van der Waals surface area contributed by atoms with Crippen LogP contribution in [0.1, 0.15) is 58.4 Å². The van der Waals surface area contributed by atoms with Gasteiger partial charge < -0.3 is 20.1 Å². The number of allylic oxidation sites excluding steroid dienone is 5. The number of benzene rings is 1. The van der Waals surface area contributed by atoms with E-state index in [4.69, 9.17) is 4.74 Å². The summed E-state index contributed by atoms with van der Waals surface area (Å²) in [6.45, 7) is 12.5. The van der Waals surface area contributed by atoms with Crippen LogP contribution in [0, 0.1) is 0 Å². The minimum absolute atomic E-state index is 0.191. The van der Waals surface area contributed by atoms with Crippen LogP contribution in [0.25, 0.3) is 0 Å². The molecule has 1 fully saturated rings. The molecule has 0 aromatic heterocycles. The van der Waals surface area contributed by atoms with E-state index in [0.717, 1.165) is 46.0 Å². The Kier molecular flexibility index (Phi) is 19.6. The number of carbonyl (C=O) groups excluding carboxylic acids is 1. The van der Waals surface area contributed by atoms with Gasteiger partial charge in [0, 0.05) is 17.7 Å². The van der Waals surface area contributed by atoms with Crippen molar-refractivity contribution in [3.63, 3.8) is 0 Å². The van der Waals surface area contributed by atoms with Crippen molar-refractivity contribution in [2.45, 2.75) is 52.9 Å². The summed E-state index contributed by atoms with van der Waals surface area (Å²) in [4.78, 5) is 11.0. The number of thioether (sulfide) groups is 2. The maximum Gasteiger partial charge on any atom is 0.130 e. The standard InChI is InChI=1S/C25H31NO3S2.C2H7N.C2H6/c1-5-6-7-8-18(2)17-31-25(30-14-13-27)24-19(3)15-21(16-23(24)26-28)20-9-11-22(29-4)12-10-20;1-3-2;1-2/h6-13,21,28H,3,5,14-17H2,1-2,4H3;3H,1-2H3;1-2H3/b7-6-,18-8+,25-24-,26-23+;;/t21-;;/m0../s1. The van der Waals surface area contributed by atoms with Crippen LogP contribution >= 0.6 is 23.5 Å². The van der Waals surface area contributed by atoms with Gasteiger partial charge in [-0.15, -0.1) is 23.5 Å². The normalized spacial score (nSPS) is 18.2. The van der Waals surface area contributed by atoms with Gasteiger partial charge in [0.2, 0.25) is 0 Å². The van der Waals surface area contributed by atoms with Gasteiger partial charge in [-0.1, -0.05) is 68.4 Å². The van der Waals surface area contributed by atoms with E-state index in [1.807, 2.05) is 40.1 Å². The topological polar surface area (TPSA) is 70.9 Å². The molecule has 5 nitrogen and oxygen atoms in total. The van der Waals surface area contributed by atoms with Crippen LogP contribution in [0.5, 0.6) is 5.75 Å². The summed E-state index contributed by atoms with van der Waals surface area (Å²) >= 11 is 3.15. The molecule has 2 N–H and O–H groups in total. The zero-order valence-corrected chi connectivity index (χ0v) is 24.6. The SMILES string of the molecule is C=C1C[C@H](c2ccc(OC)cc2)CC(=N\O)/C1=C(/SCC=O)SC/C(C)=C/C=C\CC.CC.CNC. The molecule has 0 heterocycles. The number of nitrogens with one attached hydrogen (secondary N) is 1. The van der Waals surface area contributed by atoms with Crippen molar-refractivity contribution in [1.29, 1.82) is 0 Å². The van der Waals surface area contributed by atoms with E-state index in [1.54, 1.807) is 18.9 Å². The molecule has 0 spiro atoms. The molecule has 0 saturated heterocycles. The van der Waals surface area contributed by atoms with Crippen molar-refractivity contribution in [2.75, 3.05) is 32.7 Å². The lowest BCUT2D eigenvalue weighted by Gasteiger charge is -2.29. The van der Waals surface area contributed by atoms with Crippen LogP contribution in [0.2, 0.25) is 0 Å². The molecule has 1 aromatic carbocycles. The quantitative estimate of drug-likeness (QED) is 0.140. The van der Waals surface area contributed by atoms with Gasteiger partial charge in [-0.2, -0.15) is 0 Å². The molecule has 200 valence electrons. The predicted molar refractivity (Wildman–Crippen MR) is 161 cm³/mol. The Morgan fingerprint density at radius 2 is 1.86 bits per heavy atom.